The molecule has 1 amide bonds. The summed E-state index contributed by atoms with van der Waals surface area (Å²) in [6, 6.07) is 19.4. The van der Waals surface area contributed by atoms with Gasteiger partial charge < -0.3 is 5.32 Å². The van der Waals surface area contributed by atoms with Crippen LogP contribution in [0.4, 0.5) is 5.69 Å². The molecule has 0 fully saturated rings. The summed E-state index contributed by atoms with van der Waals surface area (Å²) in [5.74, 6) is 1.41. The van der Waals surface area contributed by atoms with Crippen LogP contribution in [0.1, 0.15) is 27.0 Å². The van der Waals surface area contributed by atoms with E-state index in [1.165, 1.54) is 35.4 Å². The molecule has 3 aromatic carbocycles. The second-order valence-corrected chi connectivity index (χ2v) is 10.6. The molecule has 3 rings (SSSR count). The van der Waals surface area contributed by atoms with Crippen molar-refractivity contribution in [1.82, 2.24) is 5.32 Å². The molecule has 0 aromatic heterocycles. The lowest BCUT2D eigenvalue weighted by atomic mass is 10.2. The summed E-state index contributed by atoms with van der Waals surface area (Å²) in [5.41, 5.74) is 4.05. The topological polar surface area (TPSA) is 75.3 Å². The zero-order valence-corrected chi connectivity index (χ0v) is 20.3. The number of carbonyl (C=O) groups is 1. The molecule has 0 unspecified atom stereocenters. The molecule has 8 heteroatoms. The first-order chi connectivity index (χ1) is 15.2. The molecule has 0 atom stereocenters. The summed E-state index contributed by atoms with van der Waals surface area (Å²) in [4.78, 5) is 12.5. The monoisotopic (exact) mass is 488 g/mol. The fraction of sp³-hybridized carbons (Fsp3) is 0.208. The van der Waals surface area contributed by atoms with Gasteiger partial charge in [0.25, 0.3) is 15.9 Å². The van der Waals surface area contributed by atoms with Gasteiger partial charge in [0.1, 0.15) is 0 Å². The highest BCUT2D eigenvalue weighted by Crippen LogP contribution is 2.26. The lowest BCUT2D eigenvalue weighted by Gasteiger charge is -2.11. The van der Waals surface area contributed by atoms with E-state index in [0.717, 1.165) is 17.1 Å². The zero-order valence-electron chi connectivity index (χ0n) is 17.9. The van der Waals surface area contributed by atoms with E-state index in [2.05, 4.69) is 35.2 Å². The fourth-order valence-corrected chi connectivity index (χ4v) is 5.16. The minimum atomic E-state index is -3.77. The van der Waals surface area contributed by atoms with Crippen molar-refractivity contribution in [2.75, 3.05) is 17.0 Å². The summed E-state index contributed by atoms with van der Waals surface area (Å²) in [6.45, 7) is 4.47. The number of thioether (sulfide) groups is 1. The molecule has 0 radical (unpaired) electrons. The lowest BCUT2D eigenvalue weighted by Crippen LogP contribution is -2.25. The van der Waals surface area contributed by atoms with Crippen LogP contribution in [0, 0.1) is 13.8 Å². The molecule has 3 aromatic rings. The van der Waals surface area contributed by atoms with Crippen molar-refractivity contribution in [1.29, 1.82) is 0 Å². The van der Waals surface area contributed by atoms with Gasteiger partial charge in [0.2, 0.25) is 0 Å². The van der Waals surface area contributed by atoms with Gasteiger partial charge in [-0.2, -0.15) is 11.8 Å². The number of sulfonamides is 1. The van der Waals surface area contributed by atoms with Gasteiger partial charge in [0, 0.05) is 23.6 Å². The van der Waals surface area contributed by atoms with Crippen molar-refractivity contribution < 1.29 is 13.2 Å². The maximum absolute atomic E-state index is 12.6. The Morgan fingerprint density at radius 1 is 0.969 bits per heavy atom. The van der Waals surface area contributed by atoms with Gasteiger partial charge in [0.15, 0.2) is 0 Å². The number of amides is 1. The highest BCUT2D eigenvalue weighted by Gasteiger charge is 2.16. The molecule has 168 valence electrons. The predicted octanol–water partition coefficient (Wildman–Crippen LogP) is 5.42. The summed E-state index contributed by atoms with van der Waals surface area (Å²) < 4.78 is 27.6. The number of hydrogen-bond acceptors (Lipinski definition) is 4. The highest BCUT2D eigenvalue weighted by molar-refractivity contribution is 7.98. The highest BCUT2D eigenvalue weighted by atomic mass is 35.5. The average molecular weight is 489 g/mol. The van der Waals surface area contributed by atoms with E-state index in [4.69, 9.17) is 11.6 Å². The van der Waals surface area contributed by atoms with E-state index in [1.54, 1.807) is 30.0 Å². The molecule has 0 heterocycles. The Bertz CT molecular complexity index is 1200. The number of halogens is 1. The van der Waals surface area contributed by atoms with Crippen LogP contribution >= 0.6 is 23.4 Å². The van der Waals surface area contributed by atoms with Crippen molar-refractivity contribution in [2.45, 2.75) is 24.5 Å². The van der Waals surface area contributed by atoms with Gasteiger partial charge in [-0.3, -0.25) is 9.52 Å². The molecule has 32 heavy (non-hydrogen) atoms. The van der Waals surface area contributed by atoms with Crippen molar-refractivity contribution in [3.8, 4) is 0 Å². The molecule has 2 N–H and O–H groups in total. The van der Waals surface area contributed by atoms with Crippen LogP contribution in [0.15, 0.2) is 71.6 Å². The Morgan fingerprint density at radius 3 is 2.41 bits per heavy atom. The minimum absolute atomic E-state index is 0.143. The average Bonchev–Trinajstić information content (AvgIpc) is 2.75. The molecule has 0 aliphatic rings. The van der Waals surface area contributed by atoms with E-state index in [9.17, 15) is 13.2 Å². The van der Waals surface area contributed by atoms with Gasteiger partial charge in [-0.25, -0.2) is 8.42 Å². The fourth-order valence-electron chi connectivity index (χ4n) is 2.99. The molecule has 0 saturated heterocycles. The van der Waals surface area contributed by atoms with Gasteiger partial charge >= 0.3 is 0 Å². The Morgan fingerprint density at radius 2 is 1.72 bits per heavy atom. The molecule has 5 nitrogen and oxygen atoms in total. The standard InChI is InChI=1S/C24H25ClN2O3S2/c1-17-6-9-21(10-7-17)32(29,30)27-23-11-8-20(15-22(23)25)24(28)26-12-13-31-16-19-5-3-4-18(2)14-19/h3-11,14-15,27H,12-13,16H2,1-2H3,(H,26,28). The maximum atomic E-state index is 12.6. The van der Waals surface area contributed by atoms with Gasteiger partial charge in [-0.05, 0) is 49.7 Å². The lowest BCUT2D eigenvalue weighted by molar-refractivity contribution is 0.0956. The first-order valence-corrected chi connectivity index (χ1v) is 13.1. The van der Waals surface area contributed by atoms with Crippen LogP contribution in [0.3, 0.4) is 0 Å². The summed E-state index contributed by atoms with van der Waals surface area (Å²) in [6.07, 6.45) is 0. The second-order valence-electron chi connectivity index (χ2n) is 7.41. The largest absolute Gasteiger partial charge is 0.351 e. The van der Waals surface area contributed by atoms with Crippen LogP contribution in [0.2, 0.25) is 5.02 Å². The van der Waals surface area contributed by atoms with E-state index < -0.39 is 10.0 Å². The Kier molecular flexibility index (Phi) is 8.23. The van der Waals surface area contributed by atoms with Gasteiger partial charge in [0.05, 0.1) is 15.6 Å². The summed E-state index contributed by atoms with van der Waals surface area (Å²) in [7, 11) is -3.77. The van der Waals surface area contributed by atoms with Crippen LogP contribution in [0.5, 0.6) is 0 Å². The van der Waals surface area contributed by atoms with Gasteiger partial charge in [-0.15, -0.1) is 0 Å². The number of nitrogens with one attached hydrogen (secondary N) is 2. The Balaban J connectivity index is 1.52. The number of hydrogen-bond donors (Lipinski definition) is 2. The van der Waals surface area contributed by atoms with Crippen LogP contribution in [-0.4, -0.2) is 26.6 Å². The SMILES string of the molecule is Cc1ccc(S(=O)(=O)Nc2ccc(C(=O)NCCSCc3cccc(C)c3)cc2Cl)cc1. The number of benzene rings is 3. The number of anilines is 1. The normalized spacial score (nSPS) is 11.2. The predicted molar refractivity (Wildman–Crippen MR) is 133 cm³/mol. The number of aryl methyl sites for hydroxylation is 2. The smallest absolute Gasteiger partial charge is 0.261 e. The molecule has 0 spiro atoms. The van der Waals surface area contributed by atoms with Crippen molar-refractivity contribution in [3.05, 3.63) is 94.0 Å². The minimum Gasteiger partial charge on any atom is -0.351 e. The first-order valence-electron chi connectivity index (χ1n) is 10.0. The molecular formula is C24H25ClN2O3S2. The third-order valence-corrected chi connectivity index (χ3v) is 7.41. The van der Waals surface area contributed by atoms with E-state index in [0.29, 0.717) is 12.1 Å². The van der Waals surface area contributed by atoms with Gasteiger partial charge in [-0.1, -0.05) is 59.1 Å². The number of rotatable bonds is 9. The van der Waals surface area contributed by atoms with E-state index in [-0.39, 0.29) is 21.5 Å². The second kappa shape index (κ2) is 10.9. The molecule has 0 bridgehead atoms. The molecule has 0 aliphatic carbocycles. The molecule has 0 saturated carbocycles. The molecule has 0 aliphatic heterocycles. The maximum Gasteiger partial charge on any atom is 0.261 e. The summed E-state index contributed by atoms with van der Waals surface area (Å²) in [5, 5.41) is 3.02. The zero-order chi connectivity index (χ0) is 23.1. The van der Waals surface area contributed by atoms with Crippen LogP contribution in [0.25, 0.3) is 0 Å². The Hall–Kier alpha value is -2.48. The molecular weight excluding hydrogens is 464 g/mol. The van der Waals surface area contributed by atoms with Crippen molar-refractivity contribution in [3.63, 3.8) is 0 Å². The third kappa shape index (κ3) is 6.76. The van der Waals surface area contributed by atoms with E-state index in [1.807, 2.05) is 13.0 Å². The first kappa shape index (κ1) is 24.2. The number of carbonyl (C=O) groups excluding carboxylic acids is 1. The van der Waals surface area contributed by atoms with Crippen molar-refractivity contribution >= 4 is 45.0 Å². The van der Waals surface area contributed by atoms with E-state index >= 15 is 0 Å². The summed E-state index contributed by atoms with van der Waals surface area (Å²) >= 11 is 7.99. The Labute approximate surface area is 198 Å². The van der Waals surface area contributed by atoms with Crippen LogP contribution in [-0.2, 0) is 15.8 Å². The quantitative estimate of drug-likeness (QED) is 0.394. The van der Waals surface area contributed by atoms with Crippen molar-refractivity contribution in [2.24, 2.45) is 0 Å². The van der Waals surface area contributed by atoms with Crippen LogP contribution < -0.4 is 10.0 Å². The third-order valence-electron chi connectivity index (χ3n) is 4.69.